The van der Waals surface area contributed by atoms with Gasteiger partial charge >= 0.3 is 7.12 Å². The van der Waals surface area contributed by atoms with Crippen molar-refractivity contribution in [1.82, 2.24) is 19.5 Å². The predicted octanol–water partition coefficient (Wildman–Crippen LogP) is 7.63. The van der Waals surface area contributed by atoms with Crippen LogP contribution < -0.4 is 5.46 Å². The van der Waals surface area contributed by atoms with Crippen molar-refractivity contribution in [2.75, 3.05) is 0 Å². The summed E-state index contributed by atoms with van der Waals surface area (Å²) < 4.78 is 14.9. The zero-order valence-corrected chi connectivity index (χ0v) is 25.0. The summed E-state index contributed by atoms with van der Waals surface area (Å²) in [6.45, 7) is 12.3. The molecule has 0 unspecified atom stereocenters. The van der Waals surface area contributed by atoms with Gasteiger partial charge in [0.15, 0.2) is 11.6 Å². The van der Waals surface area contributed by atoms with Crippen LogP contribution in [-0.4, -0.2) is 37.8 Å². The zero-order valence-electron chi connectivity index (χ0n) is 25.0. The first-order chi connectivity index (χ1) is 20.3. The molecule has 0 amide bonds. The highest BCUT2D eigenvalue weighted by molar-refractivity contribution is 6.62. The fourth-order valence-corrected chi connectivity index (χ4v) is 5.23. The molecular formula is C35H35BN4O2. The highest BCUT2D eigenvalue weighted by atomic mass is 16.7. The molecule has 0 atom stereocenters. The molecule has 4 aromatic carbocycles. The largest absolute Gasteiger partial charge is 0.494 e. The average Bonchev–Trinajstić information content (AvgIpc) is 3.47. The Morgan fingerprint density at radius 2 is 1.07 bits per heavy atom. The van der Waals surface area contributed by atoms with E-state index in [4.69, 9.17) is 24.3 Å². The van der Waals surface area contributed by atoms with Crippen LogP contribution in [0.4, 0.5) is 0 Å². The molecule has 0 aliphatic carbocycles. The highest BCUT2D eigenvalue weighted by Gasteiger charge is 2.51. The summed E-state index contributed by atoms with van der Waals surface area (Å²) in [6, 6.07) is 34.8. The number of benzene rings is 4. The first-order valence-corrected chi connectivity index (χ1v) is 14.6. The third-order valence-corrected chi connectivity index (χ3v) is 8.11. The van der Waals surface area contributed by atoms with Gasteiger partial charge in [-0.2, -0.15) is 9.97 Å². The lowest BCUT2D eigenvalue weighted by Crippen LogP contribution is -2.41. The van der Waals surface area contributed by atoms with Crippen LogP contribution in [0, 0.1) is 0 Å². The first-order valence-electron chi connectivity index (χ1n) is 14.6. The Bertz CT molecular complexity index is 1790. The summed E-state index contributed by atoms with van der Waals surface area (Å²) in [6.07, 6.45) is 0. The molecule has 0 N–H and O–H groups in total. The van der Waals surface area contributed by atoms with Gasteiger partial charge in [-0.25, -0.2) is 4.98 Å². The lowest BCUT2D eigenvalue weighted by molar-refractivity contribution is 0.00578. The van der Waals surface area contributed by atoms with Crippen molar-refractivity contribution >= 4 is 34.4 Å². The molecule has 0 spiro atoms. The Morgan fingerprint density at radius 1 is 0.571 bits per heavy atom. The summed E-state index contributed by atoms with van der Waals surface area (Å²) in [4.78, 5) is 14.9. The quantitative estimate of drug-likeness (QED) is 0.210. The minimum absolute atomic E-state index is 0.410. The van der Waals surface area contributed by atoms with Gasteiger partial charge in [0.1, 0.15) is 0 Å². The smallest absolute Gasteiger partial charge is 0.399 e. The lowest BCUT2D eigenvalue weighted by Gasteiger charge is -2.32. The molecule has 2 aromatic heterocycles. The summed E-state index contributed by atoms with van der Waals surface area (Å²) >= 11 is 0. The topological polar surface area (TPSA) is 62.1 Å². The Kier molecular flexibility index (Phi) is 7.17. The molecule has 6 aromatic rings. The second-order valence-corrected chi connectivity index (χ2v) is 11.2. The first kappa shape index (κ1) is 27.8. The Labute approximate surface area is 247 Å². The molecule has 1 fully saturated rings. The molecule has 1 aliphatic heterocycles. The van der Waals surface area contributed by atoms with E-state index in [2.05, 4.69) is 68.7 Å². The normalized spacial score (nSPS) is 15.5. The Morgan fingerprint density at radius 3 is 1.64 bits per heavy atom. The number of fused-ring (bicyclic) bond motifs is 3. The molecule has 0 saturated carbocycles. The second kappa shape index (κ2) is 10.8. The van der Waals surface area contributed by atoms with Crippen molar-refractivity contribution in [3.05, 3.63) is 103 Å². The van der Waals surface area contributed by atoms with Crippen LogP contribution in [0.2, 0.25) is 0 Å². The zero-order chi connectivity index (χ0) is 29.5. The van der Waals surface area contributed by atoms with E-state index < -0.39 is 18.3 Å². The Balaban J connectivity index is 0.00000155. The highest BCUT2D eigenvalue weighted by Crippen LogP contribution is 2.37. The summed E-state index contributed by atoms with van der Waals surface area (Å²) in [5.74, 6) is 1.83. The van der Waals surface area contributed by atoms with Gasteiger partial charge in [-0.05, 0) is 45.3 Å². The maximum Gasteiger partial charge on any atom is 0.494 e. The van der Waals surface area contributed by atoms with Crippen molar-refractivity contribution in [2.45, 2.75) is 52.7 Å². The van der Waals surface area contributed by atoms with Gasteiger partial charge in [-0.15, -0.1) is 0 Å². The van der Waals surface area contributed by atoms with Crippen molar-refractivity contribution in [3.63, 3.8) is 0 Å². The van der Waals surface area contributed by atoms with Crippen molar-refractivity contribution in [3.8, 4) is 28.7 Å². The minimum atomic E-state index is -0.442. The van der Waals surface area contributed by atoms with Gasteiger partial charge in [0, 0.05) is 21.9 Å². The van der Waals surface area contributed by atoms with Gasteiger partial charge in [0.05, 0.1) is 22.2 Å². The van der Waals surface area contributed by atoms with Gasteiger partial charge in [0.25, 0.3) is 0 Å². The lowest BCUT2D eigenvalue weighted by atomic mass is 9.78. The molecule has 3 heterocycles. The maximum atomic E-state index is 6.37. The van der Waals surface area contributed by atoms with E-state index in [0.717, 1.165) is 38.4 Å². The molecule has 210 valence electrons. The van der Waals surface area contributed by atoms with Crippen molar-refractivity contribution < 1.29 is 9.31 Å². The van der Waals surface area contributed by atoms with Gasteiger partial charge < -0.3 is 9.31 Å². The van der Waals surface area contributed by atoms with Crippen molar-refractivity contribution in [2.24, 2.45) is 0 Å². The van der Waals surface area contributed by atoms with Crippen LogP contribution in [0.15, 0.2) is 103 Å². The molecule has 1 aliphatic rings. The molecule has 1 saturated heterocycles. The molecule has 42 heavy (non-hydrogen) atoms. The molecule has 7 rings (SSSR count). The third-order valence-electron chi connectivity index (χ3n) is 8.11. The number of hydrogen-bond acceptors (Lipinski definition) is 5. The molecular weight excluding hydrogens is 519 g/mol. The van der Waals surface area contributed by atoms with Gasteiger partial charge in [0.2, 0.25) is 5.95 Å². The second-order valence-electron chi connectivity index (χ2n) is 11.2. The summed E-state index contributed by atoms with van der Waals surface area (Å²) in [7, 11) is -0.442. The van der Waals surface area contributed by atoms with Crippen LogP contribution >= 0.6 is 0 Å². The van der Waals surface area contributed by atoms with E-state index >= 15 is 0 Å². The van der Waals surface area contributed by atoms with E-state index in [1.807, 2.05) is 80.6 Å². The summed E-state index contributed by atoms with van der Waals surface area (Å²) in [5.41, 5.74) is 4.07. The van der Waals surface area contributed by atoms with Crippen LogP contribution in [0.3, 0.4) is 0 Å². The molecule has 7 heteroatoms. The van der Waals surface area contributed by atoms with Crippen LogP contribution in [-0.2, 0) is 9.31 Å². The van der Waals surface area contributed by atoms with E-state index in [0.29, 0.717) is 17.6 Å². The Hall–Kier alpha value is -4.33. The van der Waals surface area contributed by atoms with Crippen LogP contribution in [0.5, 0.6) is 0 Å². The maximum absolute atomic E-state index is 6.37. The van der Waals surface area contributed by atoms with Gasteiger partial charge in [-0.3, -0.25) is 4.57 Å². The fraction of sp³-hybridized carbons (Fsp3) is 0.229. The molecule has 0 radical (unpaired) electrons. The standard InChI is InChI=1S/C33H29BN4O2.C2H6/c1-32(2)33(3,4)40-34(39-32)24-19-20-28-26(21-24)25-17-11-12-18-27(25)38(28)31-36-29(22-13-7-5-8-14-22)35-30(37-31)23-15-9-6-10-16-23;1-2/h5-21H,1-4H3;1-2H3. The fourth-order valence-electron chi connectivity index (χ4n) is 5.23. The van der Waals surface area contributed by atoms with E-state index in [1.54, 1.807) is 0 Å². The third kappa shape index (κ3) is 4.79. The van der Waals surface area contributed by atoms with Crippen LogP contribution in [0.1, 0.15) is 41.5 Å². The number of hydrogen-bond donors (Lipinski definition) is 0. The monoisotopic (exact) mass is 554 g/mol. The number of para-hydroxylation sites is 1. The van der Waals surface area contributed by atoms with E-state index in [-0.39, 0.29) is 0 Å². The average molecular weight is 555 g/mol. The predicted molar refractivity (Wildman–Crippen MR) is 172 cm³/mol. The van der Waals surface area contributed by atoms with Crippen molar-refractivity contribution in [1.29, 1.82) is 0 Å². The number of aromatic nitrogens is 4. The van der Waals surface area contributed by atoms with Gasteiger partial charge in [-0.1, -0.05) is 105 Å². The number of rotatable bonds is 4. The summed E-state index contributed by atoms with van der Waals surface area (Å²) in [5, 5.41) is 2.20. The molecule has 6 nitrogen and oxygen atoms in total. The van der Waals surface area contributed by atoms with Crippen LogP contribution in [0.25, 0.3) is 50.5 Å². The number of nitrogens with zero attached hydrogens (tertiary/aromatic N) is 4. The van der Waals surface area contributed by atoms with E-state index in [1.165, 1.54) is 0 Å². The van der Waals surface area contributed by atoms with E-state index in [9.17, 15) is 0 Å². The SMILES string of the molecule is CC.CC1(C)OB(c2ccc3c(c2)c2ccccc2n3-c2nc(-c3ccccc3)nc(-c3ccccc3)n2)OC1(C)C. The minimum Gasteiger partial charge on any atom is -0.399 e. The molecule has 0 bridgehead atoms.